The lowest BCUT2D eigenvalue weighted by Gasteiger charge is -1.87. The normalized spacial score (nSPS) is 10.8. The molecule has 0 fully saturated rings. The molecule has 62 valence electrons. The van der Waals surface area contributed by atoms with Crippen molar-refractivity contribution in [3.05, 3.63) is 27.0 Å². The van der Waals surface area contributed by atoms with E-state index in [1.807, 2.05) is 0 Å². The summed E-state index contributed by atoms with van der Waals surface area (Å²) in [6.07, 6.45) is 1.35. The van der Waals surface area contributed by atoms with Gasteiger partial charge in [0.05, 0.1) is 16.5 Å². The van der Waals surface area contributed by atoms with Crippen LogP contribution in [0.3, 0.4) is 0 Å². The molecule has 0 saturated carbocycles. The Kier molecular flexibility index (Phi) is 1.50. The second kappa shape index (κ2) is 2.41. The lowest BCUT2D eigenvalue weighted by molar-refractivity contribution is 0.828. The lowest BCUT2D eigenvalue weighted by atomic mass is 10.5. The van der Waals surface area contributed by atoms with Crippen LogP contribution in [0.1, 0.15) is 5.69 Å². The molecule has 0 spiro atoms. The van der Waals surface area contributed by atoms with Crippen LogP contribution in [0.25, 0.3) is 5.65 Å². The van der Waals surface area contributed by atoms with Crippen molar-refractivity contribution in [2.75, 3.05) is 0 Å². The fourth-order valence-corrected chi connectivity index (χ4v) is 1.31. The molecular weight excluding hydrogens is 224 g/mol. The van der Waals surface area contributed by atoms with Gasteiger partial charge in [-0.2, -0.15) is 9.61 Å². The molecule has 2 heterocycles. The number of nitrogens with zero attached hydrogens (tertiary/aromatic N) is 3. The van der Waals surface area contributed by atoms with Gasteiger partial charge in [0.25, 0.3) is 0 Å². The van der Waals surface area contributed by atoms with Gasteiger partial charge in [0.15, 0.2) is 5.65 Å². The van der Waals surface area contributed by atoms with Gasteiger partial charge in [-0.1, -0.05) is 0 Å². The molecule has 2 aromatic heterocycles. The first-order chi connectivity index (χ1) is 5.70. The zero-order valence-electron chi connectivity index (χ0n) is 6.21. The maximum atomic E-state index is 11.1. The number of fused-ring (bicyclic) bond motifs is 1. The number of aromatic amines is 1. The van der Waals surface area contributed by atoms with Gasteiger partial charge >= 0.3 is 5.69 Å². The monoisotopic (exact) mass is 228 g/mol. The third-order valence-electron chi connectivity index (χ3n) is 1.53. The van der Waals surface area contributed by atoms with E-state index in [-0.39, 0.29) is 5.69 Å². The Morgan fingerprint density at radius 1 is 1.67 bits per heavy atom. The Morgan fingerprint density at radius 2 is 2.42 bits per heavy atom. The average molecular weight is 229 g/mol. The van der Waals surface area contributed by atoms with Gasteiger partial charge in [0, 0.05) is 0 Å². The van der Waals surface area contributed by atoms with E-state index in [4.69, 9.17) is 0 Å². The zero-order valence-corrected chi connectivity index (χ0v) is 7.79. The van der Waals surface area contributed by atoms with Gasteiger partial charge in [0.1, 0.15) is 0 Å². The minimum absolute atomic E-state index is 0.284. The van der Waals surface area contributed by atoms with Gasteiger partial charge in [-0.05, 0) is 22.9 Å². The topological polar surface area (TPSA) is 63.1 Å². The molecule has 0 saturated heterocycles. The molecule has 0 aromatic carbocycles. The van der Waals surface area contributed by atoms with E-state index in [0.717, 1.165) is 10.2 Å². The number of hydrogen-bond acceptors (Lipinski definition) is 3. The summed E-state index contributed by atoms with van der Waals surface area (Å²) in [4.78, 5) is 17.5. The van der Waals surface area contributed by atoms with Crippen molar-refractivity contribution in [2.45, 2.75) is 6.92 Å². The minimum Gasteiger partial charge on any atom is -0.296 e. The number of aryl methyl sites for hydroxylation is 1. The summed E-state index contributed by atoms with van der Waals surface area (Å²) < 4.78 is 1.98. The molecule has 0 aliphatic heterocycles. The smallest absolute Gasteiger partial charge is 0.296 e. The van der Waals surface area contributed by atoms with Crippen LogP contribution in [-0.4, -0.2) is 19.6 Å². The average Bonchev–Trinajstić information content (AvgIpc) is 2.32. The van der Waals surface area contributed by atoms with Crippen molar-refractivity contribution < 1.29 is 0 Å². The summed E-state index contributed by atoms with van der Waals surface area (Å²) in [5.41, 5.74) is 1.00. The first kappa shape index (κ1) is 7.48. The molecule has 12 heavy (non-hydrogen) atoms. The molecule has 0 unspecified atom stereocenters. The number of halogens is 1. The van der Waals surface area contributed by atoms with Crippen molar-refractivity contribution >= 4 is 21.6 Å². The summed E-state index contributed by atoms with van der Waals surface area (Å²) in [7, 11) is 0. The van der Waals surface area contributed by atoms with E-state index in [0.29, 0.717) is 5.65 Å². The van der Waals surface area contributed by atoms with Crippen LogP contribution in [0.2, 0.25) is 0 Å². The molecule has 0 amide bonds. The third kappa shape index (κ3) is 0.878. The van der Waals surface area contributed by atoms with Crippen molar-refractivity contribution in [2.24, 2.45) is 0 Å². The molecule has 5 nitrogen and oxygen atoms in total. The Bertz CT molecular complexity index is 486. The van der Waals surface area contributed by atoms with Crippen LogP contribution in [-0.2, 0) is 0 Å². The van der Waals surface area contributed by atoms with E-state index in [1.165, 1.54) is 10.8 Å². The first-order valence-electron chi connectivity index (χ1n) is 3.28. The SMILES string of the molecule is Cc1nn2c(=O)[nH]cnc2c1Br. The predicted molar refractivity (Wildman–Crippen MR) is 46.0 cm³/mol. The van der Waals surface area contributed by atoms with Gasteiger partial charge in [-0.3, -0.25) is 4.98 Å². The van der Waals surface area contributed by atoms with E-state index >= 15 is 0 Å². The van der Waals surface area contributed by atoms with Gasteiger partial charge < -0.3 is 0 Å². The molecule has 2 rings (SSSR count). The van der Waals surface area contributed by atoms with E-state index < -0.39 is 0 Å². The highest BCUT2D eigenvalue weighted by Gasteiger charge is 2.08. The maximum absolute atomic E-state index is 11.1. The van der Waals surface area contributed by atoms with Crippen molar-refractivity contribution in [1.82, 2.24) is 19.6 Å². The highest BCUT2D eigenvalue weighted by Crippen LogP contribution is 2.17. The Balaban J connectivity index is 3.05. The third-order valence-corrected chi connectivity index (χ3v) is 2.46. The number of aromatic nitrogens is 4. The fraction of sp³-hybridized carbons (Fsp3) is 0.167. The molecule has 0 aliphatic rings. The fourth-order valence-electron chi connectivity index (χ4n) is 0.959. The second-order valence-electron chi connectivity index (χ2n) is 2.34. The van der Waals surface area contributed by atoms with Crippen molar-refractivity contribution in [3.8, 4) is 0 Å². The summed E-state index contributed by atoms with van der Waals surface area (Å²) >= 11 is 3.29. The number of H-pyrrole nitrogens is 1. The van der Waals surface area contributed by atoms with Crippen LogP contribution in [0.4, 0.5) is 0 Å². The van der Waals surface area contributed by atoms with E-state index in [1.54, 1.807) is 6.92 Å². The number of rotatable bonds is 0. The number of hydrogen-bond donors (Lipinski definition) is 1. The van der Waals surface area contributed by atoms with Gasteiger partial charge in [0.2, 0.25) is 0 Å². The molecular formula is C6H5BrN4O. The molecule has 0 aliphatic carbocycles. The highest BCUT2D eigenvalue weighted by atomic mass is 79.9. The molecule has 6 heteroatoms. The molecule has 0 radical (unpaired) electrons. The maximum Gasteiger partial charge on any atom is 0.349 e. The Morgan fingerprint density at radius 3 is 3.08 bits per heavy atom. The zero-order chi connectivity index (χ0) is 8.72. The summed E-state index contributed by atoms with van der Waals surface area (Å²) in [6.45, 7) is 1.80. The van der Waals surface area contributed by atoms with Crippen LogP contribution in [0.15, 0.2) is 15.6 Å². The van der Waals surface area contributed by atoms with Gasteiger partial charge in [-0.15, -0.1) is 0 Å². The van der Waals surface area contributed by atoms with Crippen molar-refractivity contribution in [1.29, 1.82) is 0 Å². The van der Waals surface area contributed by atoms with Crippen LogP contribution < -0.4 is 5.69 Å². The van der Waals surface area contributed by atoms with Crippen LogP contribution in [0, 0.1) is 6.92 Å². The van der Waals surface area contributed by atoms with Crippen LogP contribution in [0.5, 0.6) is 0 Å². The molecule has 1 N–H and O–H groups in total. The second-order valence-corrected chi connectivity index (χ2v) is 3.14. The molecule has 0 bridgehead atoms. The van der Waals surface area contributed by atoms with E-state index in [2.05, 4.69) is 31.0 Å². The van der Waals surface area contributed by atoms with Crippen molar-refractivity contribution in [3.63, 3.8) is 0 Å². The minimum atomic E-state index is -0.284. The van der Waals surface area contributed by atoms with Crippen LogP contribution >= 0.6 is 15.9 Å². The lowest BCUT2D eigenvalue weighted by Crippen LogP contribution is -2.17. The summed E-state index contributed by atoms with van der Waals surface area (Å²) in [6, 6.07) is 0. The van der Waals surface area contributed by atoms with Gasteiger partial charge in [-0.25, -0.2) is 9.78 Å². The Hall–Kier alpha value is -1.17. The number of nitrogens with one attached hydrogen (secondary N) is 1. The quantitative estimate of drug-likeness (QED) is 0.714. The predicted octanol–water partition coefficient (Wildman–Crippen LogP) is 0.489. The Labute approximate surface area is 75.6 Å². The largest absolute Gasteiger partial charge is 0.349 e. The first-order valence-corrected chi connectivity index (χ1v) is 4.08. The molecule has 2 aromatic rings. The highest BCUT2D eigenvalue weighted by molar-refractivity contribution is 9.10. The van der Waals surface area contributed by atoms with E-state index in [9.17, 15) is 4.79 Å². The molecule has 0 atom stereocenters. The standard InChI is InChI=1S/C6H5BrN4O/c1-3-4(7)5-8-2-9-6(12)11(5)10-3/h2H,1H3,(H,8,9,12). The summed E-state index contributed by atoms with van der Waals surface area (Å²) in [5.74, 6) is 0. The summed E-state index contributed by atoms with van der Waals surface area (Å²) in [5, 5.41) is 3.98.